The molecule has 4 rings (SSSR count). The summed E-state index contributed by atoms with van der Waals surface area (Å²) in [5.74, 6) is 0.276. The lowest BCUT2D eigenvalue weighted by Gasteiger charge is -2.07. The zero-order valence-corrected chi connectivity index (χ0v) is 15.2. The van der Waals surface area contributed by atoms with Crippen molar-refractivity contribution < 1.29 is 4.79 Å². The van der Waals surface area contributed by atoms with E-state index in [0.717, 1.165) is 35.4 Å². The average Bonchev–Trinajstić information content (AvgIpc) is 3.36. The Hall–Kier alpha value is -2.24. The minimum Gasteiger partial charge on any atom is -0.320 e. The monoisotopic (exact) mass is 369 g/mol. The van der Waals surface area contributed by atoms with Gasteiger partial charge in [-0.2, -0.15) is 4.37 Å². The van der Waals surface area contributed by atoms with Crippen LogP contribution in [0.2, 0.25) is 5.02 Å². The molecule has 1 fully saturated rings. The summed E-state index contributed by atoms with van der Waals surface area (Å²) in [7, 11) is 0. The number of aromatic nitrogens is 2. The molecule has 0 radical (unpaired) electrons. The van der Waals surface area contributed by atoms with E-state index < -0.39 is 0 Å². The molecule has 126 valence electrons. The fourth-order valence-electron chi connectivity index (χ4n) is 2.78. The van der Waals surface area contributed by atoms with Crippen LogP contribution in [0.15, 0.2) is 42.6 Å². The molecule has 1 saturated carbocycles. The maximum Gasteiger partial charge on any atom is 0.267 e. The normalized spacial score (nSPS) is 13.7. The second kappa shape index (κ2) is 6.58. The second-order valence-electron chi connectivity index (χ2n) is 6.16. The van der Waals surface area contributed by atoms with E-state index >= 15 is 0 Å². The number of carbonyl (C=O) groups excluding carboxylic acids is 1. The lowest BCUT2D eigenvalue weighted by molar-refractivity contribution is 0.102. The Labute approximate surface area is 155 Å². The highest BCUT2D eigenvalue weighted by Crippen LogP contribution is 2.47. The molecule has 1 aliphatic rings. The molecule has 2 heterocycles. The molecule has 0 aliphatic heterocycles. The van der Waals surface area contributed by atoms with Gasteiger partial charge in [0.25, 0.3) is 5.91 Å². The molecule has 0 unspecified atom stereocenters. The highest BCUT2D eigenvalue weighted by molar-refractivity contribution is 7.08. The molecule has 6 heteroatoms. The third-order valence-electron chi connectivity index (χ3n) is 4.25. The van der Waals surface area contributed by atoms with E-state index in [4.69, 9.17) is 11.6 Å². The van der Waals surface area contributed by atoms with Gasteiger partial charge >= 0.3 is 0 Å². The fraction of sp³-hybridized carbons (Fsp3) is 0.211. The zero-order valence-electron chi connectivity index (χ0n) is 13.6. The standard InChI is InChI=1S/C19H16ClN3OS/c1-11-15(20)9-14(10-21-11)22-19(24)18-16(12-7-8-12)17(23-25-18)13-5-3-2-4-6-13/h2-6,9-10,12H,7-8H2,1H3,(H,22,24). The Morgan fingerprint density at radius 2 is 2.04 bits per heavy atom. The van der Waals surface area contributed by atoms with Crippen molar-refractivity contribution >= 4 is 34.7 Å². The number of amides is 1. The van der Waals surface area contributed by atoms with Crippen molar-refractivity contribution in [3.8, 4) is 11.3 Å². The van der Waals surface area contributed by atoms with E-state index in [9.17, 15) is 4.79 Å². The maximum atomic E-state index is 12.8. The Kier molecular flexibility index (Phi) is 4.27. The molecule has 0 atom stereocenters. The SMILES string of the molecule is Cc1ncc(NC(=O)c2snc(-c3ccccc3)c2C2CC2)cc1Cl. The minimum atomic E-state index is -0.150. The van der Waals surface area contributed by atoms with Gasteiger partial charge in [0.1, 0.15) is 4.88 Å². The third kappa shape index (κ3) is 3.30. The quantitative estimate of drug-likeness (QED) is 0.679. The van der Waals surface area contributed by atoms with Crippen LogP contribution in [-0.4, -0.2) is 15.3 Å². The number of benzene rings is 1. The molecule has 25 heavy (non-hydrogen) atoms. The molecule has 3 aromatic rings. The highest BCUT2D eigenvalue weighted by Gasteiger charge is 2.33. The number of nitrogens with one attached hydrogen (secondary N) is 1. The molecule has 2 aromatic heterocycles. The van der Waals surface area contributed by atoms with E-state index in [1.807, 2.05) is 37.3 Å². The first-order valence-corrected chi connectivity index (χ1v) is 9.27. The van der Waals surface area contributed by atoms with E-state index in [-0.39, 0.29) is 5.91 Å². The summed E-state index contributed by atoms with van der Waals surface area (Å²) in [6.07, 6.45) is 3.84. The number of pyridine rings is 1. The molecule has 1 aromatic carbocycles. The van der Waals surface area contributed by atoms with Gasteiger partial charge in [0, 0.05) is 11.1 Å². The van der Waals surface area contributed by atoms with Gasteiger partial charge in [-0.1, -0.05) is 41.9 Å². The Morgan fingerprint density at radius 3 is 2.72 bits per heavy atom. The van der Waals surface area contributed by atoms with Gasteiger partial charge in [-0.15, -0.1) is 0 Å². The van der Waals surface area contributed by atoms with Crippen molar-refractivity contribution in [3.05, 3.63) is 63.8 Å². The number of anilines is 1. The second-order valence-corrected chi connectivity index (χ2v) is 7.34. The lowest BCUT2D eigenvalue weighted by Crippen LogP contribution is -2.12. The zero-order chi connectivity index (χ0) is 17.4. The number of rotatable bonds is 4. The predicted octanol–water partition coefficient (Wildman–Crippen LogP) is 5.30. The summed E-state index contributed by atoms with van der Waals surface area (Å²) in [6.45, 7) is 1.83. The van der Waals surface area contributed by atoms with Crippen LogP contribution in [0.3, 0.4) is 0 Å². The van der Waals surface area contributed by atoms with Crippen molar-refractivity contribution in [3.63, 3.8) is 0 Å². The van der Waals surface area contributed by atoms with Crippen LogP contribution < -0.4 is 5.32 Å². The van der Waals surface area contributed by atoms with Crippen LogP contribution in [-0.2, 0) is 0 Å². The van der Waals surface area contributed by atoms with E-state index in [1.54, 1.807) is 12.3 Å². The maximum absolute atomic E-state index is 12.8. The third-order valence-corrected chi connectivity index (χ3v) is 5.49. The number of hydrogen-bond donors (Lipinski definition) is 1. The average molecular weight is 370 g/mol. The van der Waals surface area contributed by atoms with E-state index in [0.29, 0.717) is 21.5 Å². The van der Waals surface area contributed by atoms with Crippen molar-refractivity contribution in [1.82, 2.24) is 9.36 Å². The van der Waals surface area contributed by atoms with E-state index in [2.05, 4.69) is 14.7 Å². The van der Waals surface area contributed by atoms with Crippen LogP contribution in [0.5, 0.6) is 0 Å². The topological polar surface area (TPSA) is 54.9 Å². The molecular formula is C19H16ClN3OS. The first kappa shape index (κ1) is 16.2. The van der Waals surface area contributed by atoms with Gasteiger partial charge in [-0.3, -0.25) is 9.78 Å². The van der Waals surface area contributed by atoms with Crippen molar-refractivity contribution in [1.29, 1.82) is 0 Å². The van der Waals surface area contributed by atoms with Gasteiger partial charge in [-0.05, 0) is 43.3 Å². The summed E-state index contributed by atoms with van der Waals surface area (Å²) >= 11 is 7.35. The molecule has 1 aliphatic carbocycles. The minimum absolute atomic E-state index is 0.150. The summed E-state index contributed by atoms with van der Waals surface area (Å²) in [5.41, 5.74) is 4.39. The fourth-order valence-corrected chi connectivity index (χ4v) is 3.83. The van der Waals surface area contributed by atoms with Crippen molar-refractivity contribution in [2.45, 2.75) is 25.7 Å². The first-order chi connectivity index (χ1) is 12.1. The lowest BCUT2D eigenvalue weighted by atomic mass is 10.0. The van der Waals surface area contributed by atoms with Crippen LogP contribution in [0.25, 0.3) is 11.3 Å². The molecule has 0 saturated heterocycles. The number of hydrogen-bond acceptors (Lipinski definition) is 4. The summed E-state index contributed by atoms with van der Waals surface area (Å²) in [4.78, 5) is 17.7. The van der Waals surface area contributed by atoms with Crippen LogP contribution in [0.1, 0.15) is 39.7 Å². The number of carbonyl (C=O) groups is 1. The molecule has 4 nitrogen and oxygen atoms in total. The molecule has 0 bridgehead atoms. The number of halogens is 1. The predicted molar refractivity (Wildman–Crippen MR) is 101 cm³/mol. The van der Waals surface area contributed by atoms with Gasteiger partial charge in [0.15, 0.2) is 0 Å². The van der Waals surface area contributed by atoms with Crippen LogP contribution in [0.4, 0.5) is 5.69 Å². The smallest absolute Gasteiger partial charge is 0.267 e. The van der Waals surface area contributed by atoms with Gasteiger partial charge in [-0.25, -0.2) is 0 Å². The highest BCUT2D eigenvalue weighted by atomic mass is 35.5. The molecular weight excluding hydrogens is 354 g/mol. The molecule has 0 spiro atoms. The van der Waals surface area contributed by atoms with Crippen molar-refractivity contribution in [2.24, 2.45) is 0 Å². The number of nitrogens with zero attached hydrogens (tertiary/aromatic N) is 2. The van der Waals surface area contributed by atoms with Crippen molar-refractivity contribution in [2.75, 3.05) is 5.32 Å². The van der Waals surface area contributed by atoms with E-state index in [1.165, 1.54) is 11.5 Å². The summed E-state index contributed by atoms with van der Waals surface area (Å²) in [6, 6.07) is 11.8. The van der Waals surface area contributed by atoms with Gasteiger partial charge in [0.05, 0.1) is 28.3 Å². The summed E-state index contributed by atoms with van der Waals surface area (Å²) in [5, 5.41) is 3.44. The Morgan fingerprint density at radius 1 is 1.28 bits per heavy atom. The summed E-state index contributed by atoms with van der Waals surface area (Å²) < 4.78 is 4.58. The first-order valence-electron chi connectivity index (χ1n) is 8.12. The molecule has 1 N–H and O–H groups in total. The van der Waals surface area contributed by atoms with Crippen LogP contribution >= 0.6 is 23.1 Å². The van der Waals surface area contributed by atoms with Crippen LogP contribution in [0, 0.1) is 6.92 Å². The van der Waals surface area contributed by atoms with Gasteiger partial charge < -0.3 is 5.32 Å². The Bertz CT molecular complexity index is 935. The molecule has 1 amide bonds. The largest absolute Gasteiger partial charge is 0.320 e. The van der Waals surface area contributed by atoms with Gasteiger partial charge in [0.2, 0.25) is 0 Å². The Balaban J connectivity index is 1.67. The number of aryl methyl sites for hydroxylation is 1.